The normalized spacial score (nSPS) is 11.0. The quantitative estimate of drug-likeness (QED) is 0.785. The third-order valence-electron chi connectivity index (χ3n) is 3.59. The zero-order valence-corrected chi connectivity index (χ0v) is 12.2. The van der Waals surface area contributed by atoms with Crippen LogP contribution in [0.25, 0.3) is 5.65 Å². The molecule has 0 aliphatic heterocycles. The number of anilines is 1. The van der Waals surface area contributed by atoms with E-state index in [1.54, 1.807) is 6.20 Å². The van der Waals surface area contributed by atoms with E-state index >= 15 is 0 Å². The van der Waals surface area contributed by atoms with E-state index < -0.39 is 0 Å². The number of aromatic nitrogens is 4. The van der Waals surface area contributed by atoms with E-state index in [9.17, 15) is 0 Å². The standard InChI is InChI=1S/C15H18N6/c1-11-18-19-15-14(17-7-8-21(11)15)20(2)10-13-6-4-3-5-12(13)9-16/h3-8H,9-10,16H2,1-2H3. The fourth-order valence-electron chi connectivity index (χ4n) is 2.44. The van der Waals surface area contributed by atoms with Crippen molar-refractivity contribution in [1.82, 2.24) is 19.6 Å². The molecule has 0 unspecified atom stereocenters. The molecule has 3 rings (SSSR count). The molecular weight excluding hydrogens is 264 g/mol. The number of nitrogens with two attached hydrogens (primary N) is 1. The summed E-state index contributed by atoms with van der Waals surface area (Å²) in [4.78, 5) is 6.51. The van der Waals surface area contributed by atoms with E-state index in [0.717, 1.165) is 29.4 Å². The van der Waals surface area contributed by atoms with Gasteiger partial charge >= 0.3 is 0 Å². The highest BCUT2D eigenvalue weighted by Gasteiger charge is 2.13. The monoisotopic (exact) mass is 282 g/mol. The fourth-order valence-corrected chi connectivity index (χ4v) is 2.44. The summed E-state index contributed by atoms with van der Waals surface area (Å²) in [5.74, 6) is 1.66. The van der Waals surface area contributed by atoms with Gasteiger partial charge in [0, 0.05) is 32.5 Å². The lowest BCUT2D eigenvalue weighted by molar-refractivity contribution is 0.871. The number of fused-ring (bicyclic) bond motifs is 1. The van der Waals surface area contributed by atoms with E-state index in [-0.39, 0.29) is 0 Å². The number of rotatable bonds is 4. The molecule has 0 aliphatic rings. The second kappa shape index (κ2) is 5.49. The molecule has 0 radical (unpaired) electrons. The predicted molar refractivity (Wildman–Crippen MR) is 82.0 cm³/mol. The summed E-state index contributed by atoms with van der Waals surface area (Å²) in [5, 5.41) is 8.31. The maximum Gasteiger partial charge on any atom is 0.203 e. The third kappa shape index (κ3) is 2.45. The molecule has 0 saturated carbocycles. The summed E-state index contributed by atoms with van der Waals surface area (Å²) in [6.07, 6.45) is 3.64. The summed E-state index contributed by atoms with van der Waals surface area (Å²) in [6.45, 7) is 3.19. The lowest BCUT2D eigenvalue weighted by atomic mass is 10.1. The van der Waals surface area contributed by atoms with Crippen molar-refractivity contribution in [3.8, 4) is 0 Å². The van der Waals surface area contributed by atoms with Gasteiger partial charge in [-0.3, -0.25) is 4.40 Å². The van der Waals surface area contributed by atoms with Gasteiger partial charge in [-0.15, -0.1) is 10.2 Å². The molecule has 0 atom stereocenters. The Labute approximate surface area is 123 Å². The maximum atomic E-state index is 5.80. The highest BCUT2D eigenvalue weighted by molar-refractivity contribution is 5.63. The topological polar surface area (TPSA) is 72.3 Å². The molecule has 0 spiro atoms. The summed E-state index contributed by atoms with van der Waals surface area (Å²) in [5.41, 5.74) is 8.91. The molecule has 0 amide bonds. The van der Waals surface area contributed by atoms with Gasteiger partial charge in [-0.05, 0) is 18.1 Å². The zero-order valence-electron chi connectivity index (χ0n) is 12.2. The van der Waals surface area contributed by atoms with Crippen LogP contribution in [0.1, 0.15) is 17.0 Å². The molecule has 6 nitrogen and oxygen atoms in total. The molecule has 21 heavy (non-hydrogen) atoms. The van der Waals surface area contributed by atoms with Crippen molar-refractivity contribution in [2.24, 2.45) is 5.73 Å². The van der Waals surface area contributed by atoms with Crippen molar-refractivity contribution < 1.29 is 0 Å². The molecule has 2 heterocycles. The smallest absolute Gasteiger partial charge is 0.203 e. The molecule has 1 aromatic carbocycles. The van der Waals surface area contributed by atoms with Crippen molar-refractivity contribution in [2.75, 3.05) is 11.9 Å². The summed E-state index contributed by atoms with van der Waals surface area (Å²) < 4.78 is 1.94. The Morgan fingerprint density at radius 1 is 1.19 bits per heavy atom. The van der Waals surface area contributed by atoms with Crippen LogP contribution in [-0.2, 0) is 13.1 Å². The first-order valence-corrected chi connectivity index (χ1v) is 6.85. The van der Waals surface area contributed by atoms with Gasteiger partial charge in [-0.1, -0.05) is 24.3 Å². The van der Waals surface area contributed by atoms with E-state index in [1.165, 1.54) is 5.56 Å². The van der Waals surface area contributed by atoms with Crippen LogP contribution in [0.4, 0.5) is 5.82 Å². The Kier molecular flexibility index (Phi) is 3.53. The van der Waals surface area contributed by atoms with Crippen LogP contribution in [0.5, 0.6) is 0 Å². The fraction of sp³-hybridized carbons (Fsp3) is 0.267. The second-order valence-electron chi connectivity index (χ2n) is 5.02. The molecule has 2 N–H and O–H groups in total. The van der Waals surface area contributed by atoms with Crippen molar-refractivity contribution >= 4 is 11.5 Å². The largest absolute Gasteiger partial charge is 0.352 e. The van der Waals surface area contributed by atoms with Crippen molar-refractivity contribution in [2.45, 2.75) is 20.0 Å². The number of nitrogens with zero attached hydrogens (tertiary/aromatic N) is 5. The first kappa shape index (κ1) is 13.5. The lowest BCUT2D eigenvalue weighted by Crippen LogP contribution is -2.20. The van der Waals surface area contributed by atoms with E-state index in [4.69, 9.17) is 5.73 Å². The van der Waals surface area contributed by atoms with Crippen LogP contribution in [0.2, 0.25) is 0 Å². The van der Waals surface area contributed by atoms with Gasteiger partial charge < -0.3 is 10.6 Å². The molecule has 108 valence electrons. The van der Waals surface area contributed by atoms with E-state index in [0.29, 0.717) is 6.54 Å². The predicted octanol–water partition coefficient (Wildman–Crippen LogP) is 1.53. The first-order valence-electron chi connectivity index (χ1n) is 6.85. The Morgan fingerprint density at radius 3 is 2.71 bits per heavy atom. The molecule has 0 aliphatic carbocycles. The van der Waals surface area contributed by atoms with Gasteiger partial charge in [0.25, 0.3) is 0 Å². The van der Waals surface area contributed by atoms with Crippen LogP contribution in [0.15, 0.2) is 36.7 Å². The maximum absolute atomic E-state index is 5.80. The number of aryl methyl sites for hydroxylation is 1. The molecule has 3 aromatic rings. The van der Waals surface area contributed by atoms with Crippen LogP contribution >= 0.6 is 0 Å². The minimum atomic E-state index is 0.533. The Morgan fingerprint density at radius 2 is 1.95 bits per heavy atom. The van der Waals surface area contributed by atoms with Crippen LogP contribution in [0.3, 0.4) is 0 Å². The number of hydrogen-bond donors (Lipinski definition) is 1. The average molecular weight is 282 g/mol. The second-order valence-corrected chi connectivity index (χ2v) is 5.02. The Balaban J connectivity index is 1.95. The minimum Gasteiger partial charge on any atom is -0.352 e. The highest BCUT2D eigenvalue weighted by atomic mass is 15.3. The van der Waals surface area contributed by atoms with Gasteiger partial charge in [0.2, 0.25) is 5.65 Å². The number of benzene rings is 1. The molecule has 0 fully saturated rings. The summed E-state index contributed by atoms with van der Waals surface area (Å²) in [7, 11) is 2.00. The lowest BCUT2D eigenvalue weighted by Gasteiger charge is -2.20. The first-order chi connectivity index (χ1) is 10.2. The molecule has 6 heteroatoms. The Hall–Kier alpha value is -2.47. The van der Waals surface area contributed by atoms with Crippen LogP contribution < -0.4 is 10.6 Å². The van der Waals surface area contributed by atoms with Gasteiger partial charge in [-0.25, -0.2) is 4.98 Å². The summed E-state index contributed by atoms with van der Waals surface area (Å²) >= 11 is 0. The third-order valence-corrected chi connectivity index (χ3v) is 3.59. The van der Waals surface area contributed by atoms with Gasteiger partial charge in [0.15, 0.2) is 5.82 Å². The highest BCUT2D eigenvalue weighted by Crippen LogP contribution is 2.19. The van der Waals surface area contributed by atoms with Gasteiger partial charge in [0.1, 0.15) is 5.82 Å². The SMILES string of the molecule is Cc1nnc2c(N(C)Cc3ccccc3CN)nccn12. The minimum absolute atomic E-state index is 0.533. The molecule has 0 saturated heterocycles. The molecular formula is C15H18N6. The Bertz CT molecular complexity index is 764. The zero-order chi connectivity index (χ0) is 14.8. The van der Waals surface area contributed by atoms with Crippen molar-refractivity contribution in [3.63, 3.8) is 0 Å². The van der Waals surface area contributed by atoms with Crippen LogP contribution in [0, 0.1) is 6.92 Å². The molecule has 2 aromatic heterocycles. The van der Waals surface area contributed by atoms with E-state index in [1.807, 2.05) is 36.7 Å². The molecule has 0 bridgehead atoms. The van der Waals surface area contributed by atoms with Crippen molar-refractivity contribution in [1.29, 1.82) is 0 Å². The summed E-state index contributed by atoms with van der Waals surface area (Å²) in [6, 6.07) is 8.18. The van der Waals surface area contributed by atoms with Crippen molar-refractivity contribution in [3.05, 3.63) is 53.6 Å². The van der Waals surface area contributed by atoms with Gasteiger partial charge in [0.05, 0.1) is 0 Å². The van der Waals surface area contributed by atoms with Gasteiger partial charge in [-0.2, -0.15) is 0 Å². The number of hydrogen-bond acceptors (Lipinski definition) is 5. The average Bonchev–Trinajstić information content (AvgIpc) is 2.89. The van der Waals surface area contributed by atoms with E-state index in [2.05, 4.69) is 32.2 Å². The van der Waals surface area contributed by atoms with Crippen LogP contribution in [-0.4, -0.2) is 26.6 Å².